The molecule has 1 aromatic rings. The van der Waals surface area contributed by atoms with E-state index in [1.807, 2.05) is 0 Å². The molecular formula is C7H12NO3PZn. The van der Waals surface area contributed by atoms with Crippen molar-refractivity contribution < 1.29 is 34.9 Å². The van der Waals surface area contributed by atoms with Crippen molar-refractivity contribution in [2.75, 3.05) is 0 Å². The number of benzene rings is 1. The molecule has 0 aliphatic carbocycles. The summed E-state index contributed by atoms with van der Waals surface area (Å²) < 4.78 is 0. The number of hydrogen-bond donors (Lipinski definition) is 1. The molecule has 1 aromatic carbocycles. The van der Waals surface area contributed by atoms with Crippen LogP contribution in [-0.4, -0.2) is 11.4 Å². The smallest absolute Gasteiger partial charge is 0.153 e. The number of nitrogens with one attached hydrogen (secondary N) is 1. The summed E-state index contributed by atoms with van der Waals surface area (Å²) in [5, 5.41) is 8.88. The molecule has 0 amide bonds. The van der Waals surface area contributed by atoms with E-state index in [1.165, 1.54) is 6.07 Å². The number of aromatic hydroxyl groups is 1. The van der Waals surface area contributed by atoms with Crippen molar-refractivity contribution in [1.82, 2.24) is 0 Å². The Morgan fingerprint density at radius 3 is 2.08 bits per heavy atom. The van der Waals surface area contributed by atoms with Crippen molar-refractivity contribution in [3.8, 4) is 5.75 Å². The average molecular weight is 255 g/mol. The van der Waals surface area contributed by atoms with Crippen LogP contribution >= 0.6 is 9.39 Å². The van der Waals surface area contributed by atoms with Crippen LogP contribution in [0.15, 0.2) is 24.3 Å². The zero-order valence-electron chi connectivity index (χ0n) is 7.10. The molecule has 0 radical (unpaired) electrons. The van der Waals surface area contributed by atoms with E-state index in [1.54, 1.807) is 27.6 Å². The van der Waals surface area contributed by atoms with Crippen LogP contribution in [-0.2, 0) is 25.0 Å². The van der Waals surface area contributed by atoms with Crippen LogP contribution in [0, 0.1) is 0 Å². The number of para-hydroxylation sites is 1. The number of carbonyl (C=O) groups excluding carboxylic acids is 1. The van der Waals surface area contributed by atoms with Crippen molar-refractivity contribution >= 4 is 15.7 Å². The second kappa shape index (κ2) is 11.7. The van der Waals surface area contributed by atoms with Gasteiger partial charge in [-0.2, -0.15) is 0 Å². The summed E-state index contributed by atoms with van der Waals surface area (Å²) in [5.74, 6) is 0.0347. The Balaban J connectivity index is -0.000000234. The molecule has 0 aromatic heterocycles. The van der Waals surface area contributed by atoms with Crippen LogP contribution in [0.1, 0.15) is 10.4 Å². The minimum Gasteiger partial charge on any atom is -0.657 e. The molecule has 0 saturated carbocycles. The van der Waals surface area contributed by atoms with Crippen LogP contribution in [0.2, 0.25) is 0 Å². The van der Waals surface area contributed by atoms with Crippen molar-refractivity contribution in [3.63, 3.8) is 0 Å². The van der Waals surface area contributed by atoms with E-state index in [0.717, 1.165) is 0 Å². The fourth-order valence-electron chi connectivity index (χ4n) is 0.587. The third kappa shape index (κ3) is 6.79. The first-order valence-electron chi connectivity index (χ1n) is 2.86. The van der Waals surface area contributed by atoms with Gasteiger partial charge in [0.25, 0.3) is 0 Å². The van der Waals surface area contributed by atoms with Crippen molar-refractivity contribution in [2.24, 2.45) is 0 Å². The Hall–Kier alpha value is -0.337. The van der Waals surface area contributed by atoms with Crippen molar-refractivity contribution in [2.45, 2.75) is 0 Å². The molecule has 1 atom stereocenters. The Bertz CT molecular complexity index is 235. The molecular weight excluding hydrogens is 242 g/mol. The van der Waals surface area contributed by atoms with E-state index >= 15 is 0 Å². The molecule has 0 bridgehead atoms. The summed E-state index contributed by atoms with van der Waals surface area (Å²) >= 11 is 0. The molecule has 0 aliphatic heterocycles. The third-order valence-electron chi connectivity index (χ3n) is 1.06. The summed E-state index contributed by atoms with van der Waals surface area (Å²) in [6, 6.07) is 6.40. The number of aldehydes is 1. The fraction of sp³-hybridized carbons (Fsp3) is 0. The molecule has 13 heavy (non-hydrogen) atoms. The number of phenols is 1. The summed E-state index contributed by atoms with van der Waals surface area (Å²) in [5.41, 5.74) is 6.00. The second-order valence-electron chi connectivity index (χ2n) is 1.68. The normalized spacial score (nSPS) is 6.62. The van der Waals surface area contributed by atoms with Crippen LogP contribution in [0.25, 0.3) is 5.50 Å². The number of rotatable bonds is 1. The predicted molar refractivity (Wildman–Crippen MR) is 52.4 cm³/mol. The third-order valence-corrected chi connectivity index (χ3v) is 1.06. The zero-order valence-corrected chi connectivity index (χ0v) is 11.2. The van der Waals surface area contributed by atoms with E-state index in [-0.39, 0.29) is 30.7 Å². The van der Waals surface area contributed by atoms with Gasteiger partial charge in [-0.25, -0.2) is 0 Å². The van der Waals surface area contributed by atoms with Gasteiger partial charge in [0.15, 0.2) is 6.29 Å². The van der Waals surface area contributed by atoms with Gasteiger partial charge in [-0.3, -0.25) is 14.2 Å². The average Bonchev–Trinajstić information content (AvgIpc) is 2.09. The Morgan fingerprint density at radius 1 is 1.31 bits per heavy atom. The fourth-order valence-corrected chi connectivity index (χ4v) is 0.587. The van der Waals surface area contributed by atoms with Gasteiger partial charge < -0.3 is 16.1 Å². The summed E-state index contributed by atoms with van der Waals surface area (Å²) in [4.78, 5) is 10.1. The molecule has 4 nitrogen and oxygen atoms in total. The first kappa shape index (κ1) is 18.4. The Kier molecular flexibility index (Phi) is 16.6. The van der Waals surface area contributed by atoms with E-state index in [9.17, 15) is 4.79 Å². The van der Waals surface area contributed by atoms with Crippen molar-refractivity contribution in [3.05, 3.63) is 35.3 Å². The van der Waals surface area contributed by atoms with Gasteiger partial charge in [-0.05, 0) is 12.1 Å². The minimum atomic E-state index is 0. The van der Waals surface area contributed by atoms with E-state index < -0.39 is 0 Å². The second-order valence-corrected chi connectivity index (χ2v) is 1.68. The maximum Gasteiger partial charge on any atom is 0.153 e. The van der Waals surface area contributed by atoms with Crippen LogP contribution in [0.4, 0.5) is 0 Å². The van der Waals surface area contributed by atoms with Crippen LogP contribution in [0.5, 0.6) is 5.75 Å². The van der Waals surface area contributed by atoms with E-state index in [0.29, 0.717) is 11.8 Å². The first-order chi connectivity index (χ1) is 5.34. The monoisotopic (exact) mass is 253 g/mol. The Morgan fingerprint density at radius 2 is 1.77 bits per heavy atom. The minimum absolute atomic E-state index is 0. The van der Waals surface area contributed by atoms with Gasteiger partial charge in [-0.1, -0.05) is 12.1 Å². The Labute approximate surface area is 91.8 Å². The van der Waals surface area contributed by atoms with Crippen molar-refractivity contribution in [1.29, 1.82) is 0 Å². The number of hydrogen-bond acceptors (Lipinski definition) is 2. The maximum atomic E-state index is 10.1. The zero-order chi connectivity index (χ0) is 8.69. The molecule has 0 aliphatic rings. The molecule has 0 spiro atoms. The molecule has 70 valence electrons. The van der Waals surface area contributed by atoms with Gasteiger partial charge in [0.2, 0.25) is 0 Å². The summed E-state index contributed by atoms with van der Waals surface area (Å²) in [7, 11) is 1.67. The van der Waals surface area contributed by atoms with E-state index in [2.05, 4.69) is 0 Å². The quantitative estimate of drug-likeness (QED) is 0.352. The van der Waals surface area contributed by atoms with Gasteiger partial charge in [0.1, 0.15) is 5.75 Å². The van der Waals surface area contributed by atoms with Gasteiger partial charge in [-0.15, -0.1) is 0 Å². The predicted octanol–water partition coefficient (Wildman–Crippen LogP) is 1.11. The molecule has 1 rings (SSSR count). The van der Waals surface area contributed by atoms with Gasteiger partial charge in [0.05, 0.1) is 5.56 Å². The molecule has 6 heteroatoms. The topological polar surface area (TPSA) is 94.1 Å². The first-order valence-corrected chi connectivity index (χ1v) is 3.44. The molecule has 1 unspecified atom stereocenters. The maximum absolute atomic E-state index is 10.1. The SMILES string of the molecule is O=Cc1ccccc1O.[NH-]P.[OH3+].[Zn]. The van der Waals surface area contributed by atoms with Gasteiger partial charge in [0, 0.05) is 19.5 Å². The molecule has 0 fully saturated rings. The summed E-state index contributed by atoms with van der Waals surface area (Å²) in [6.07, 6.45) is 0.620. The standard InChI is InChI=1S/C7H6O2.H3NP.H2O.Zn/c8-5-6-3-1-2-4-7(6)9;1-2;;/h1-5,9H;1H,2H2;1H2;/q;-1;;/p+1. The van der Waals surface area contributed by atoms with Crippen LogP contribution in [0.3, 0.4) is 0 Å². The van der Waals surface area contributed by atoms with Gasteiger partial charge >= 0.3 is 0 Å². The van der Waals surface area contributed by atoms with E-state index in [4.69, 9.17) is 10.6 Å². The van der Waals surface area contributed by atoms with Crippen LogP contribution < -0.4 is 0 Å². The molecule has 5 N–H and O–H groups in total. The summed E-state index contributed by atoms with van der Waals surface area (Å²) in [6.45, 7) is 0. The largest absolute Gasteiger partial charge is 0.657 e. The number of carbonyl (C=O) groups is 1. The molecule has 0 saturated heterocycles. The molecule has 0 heterocycles. The number of phenolic OH excluding ortho intramolecular Hbond substituents is 1.